The van der Waals surface area contributed by atoms with Gasteiger partial charge in [-0.25, -0.2) is 0 Å². The highest BCUT2D eigenvalue weighted by Crippen LogP contribution is 2.41. The number of aryl methyl sites for hydroxylation is 1. The number of carbonyl (C=O) groups excluding carboxylic acids is 1. The molecule has 2 atom stereocenters. The van der Waals surface area contributed by atoms with E-state index in [1.54, 1.807) is 6.20 Å². The zero-order chi connectivity index (χ0) is 25.9. The number of thiocarbonyl (C=S) groups is 1. The number of halogens is 1. The van der Waals surface area contributed by atoms with Crippen molar-refractivity contribution in [1.82, 2.24) is 19.8 Å². The molecule has 6 nitrogen and oxygen atoms in total. The number of hydrogen-bond donors (Lipinski definition) is 2. The van der Waals surface area contributed by atoms with Gasteiger partial charge in [-0.1, -0.05) is 40.2 Å². The zero-order valence-corrected chi connectivity index (χ0v) is 23.1. The molecule has 0 aliphatic carbocycles. The first kappa shape index (κ1) is 25.2. The molecule has 3 heterocycles. The third kappa shape index (κ3) is 5.31. The molecule has 37 heavy (non-hydrogen) atoms. The van der Waals surface area contributed by atoms with Crippen molar-refractivity contribution in [2.75, 3.05) is 11.9 Å². The summed E-state index contributed by atoms with van der Waals surface area (Å²) in [6.45, 7) is 4.74. The second-order valence-corrected chi connectivity index (χ2v) is 10.4. The highest BCUT2D eigenvalue weighted by Gasteiger charge is 2.41. The van der Waals surface area contributed by atoms with Crippen LogP contribution in [0.25, 0.3) is 5.69 Å². The number of pyridine rings is 1. The van der Waals surface area contributed by atoms with Gasteiger partial charge in [-0.3, -0.25) is 9.78 Å². The Morgan fingerprint density at radius 3 is 2.49 bits per heavy atom. The molecule has 0 bridgehead atoms. The van der Waals surface area contributed by atoms with Crippen LogP contribution in [0.1, 0.15) is 41.1 Å². The summed E-state index contributed by atoms with van der Waals surface area (Å²) in [5, 5.41) is 7.10. The molecule has 0 saturated carbocycles. The summed E-state index contributed by atoms with van der Waals surface area (Å²) in [6, 6.07) is 25.7. The molecular weight excluding hydrogens is 546 g/mol. The van der Waals surface area contributed by atoms with Gasteiger partial charge in [0.25, 0.3) is 0 Å². The molecule has 1 aliphatic rings. The van der Waals surface area contributed by atoms with Gasteiger partial charge in [0.15, 0.2) is 5.11 Å². The number of nitrogens with zero attached hydrogens (tertiary/aromatic N) is 3. The number of amides is 1. The number of rotatable bonds is 7. The summed E-state index contributed by atoms with van der Waals surface area (Å²) < 4.78 is 3.30. The maximum absolute atomic E-state index is 12.8. The predicted octanol–water partition coefficient (Wildman–Crippen LogP) is 6.25. The van der Waals surface area contributed by atoms with Gasteiger partial charge in [0.1, 0.15) is 0 Å². The summed E-state index contributed by atoms with van der Waals surface area (Å²) >= 11 is 9.34. The fourth-order valence-electron chi connectivity index (χ4n) is 5.03. The van der Waals surface area contributed by atoms with Crippen LogP contribution in [-0.4, -0.2) is 32.0 Å². The van der Waals surface area contributed by atoms with Gasteiger partial charge in [-0.15, -0.1) is 0 Å². The minimum Gasteiger partial charge on any atom is -0.352 e. The molecule has 0 spiro atoms. The van der Waals surface area contributed by atoms with E-state index in [4.69, 9.17) is 12.2 Å². The van der Waals surface area contributed by atoms with E-state index in [1.165, 1.54) is 0 Å². The molecule has 1 saturated heterocycles. The fraction of sp³-hybridized carbons (Fsp3) is 0.207. The van der Waals surface area contributed by atoms with Crippen molar-refractivity contribution in [3.05, 3.63) is 112 Å². The fourth-order valence-corrected chi connectivity index (χ4v) is 5.62. The summed E-state index contributed by atoms with van der Waals surface area (Å²) in [4.78, 5) is 19.6. The smallest absolute Gasteiger partial charge is 0.226 e. The lowest BCUT2D eigenvalue weighted by Crippen LogP contribution is -2.32. The Bertz CT molecular complexity index is 1410. The minimum absolute atomic E-state index is 0.0469. The molecule has 2 aromatic carbocycles. The highest BCUT2D eigenvalue weighted by molar-refractivity contribution is 9.10. The Hall–Kier alpha value is -3.49. The van der Waals surface area contributed by atoms with Crippen molar-refractivity contribution in [2.45, 2.75) is 32.4 Å². The maximum Gasteiger partial charge on any atom is 0.226 e. The average molecular weight is 575 g/mol. The molecule has 0 radical (unpaired) electrons. The number of benzene rings is 2. The van der Waals surface area contributed by atoms with Crippen molar-refractivity contribution >= 4 is 44.9 Å². The van der Waals surface area contributed by atoms with Gasteiger partial charge in [0.05, 0.1) is 17.8 Å². The topological polar surface area (TPSA) is 62.2 Å². The number of aromatic nitrogens is 2. The number of para-hydroxylation sites is 1. The Labute approximate surface area is 230 Å². The molecule has 1 fully saturated rings. The van der Waals surface area contributed by atoms with Crippen LogP contribution in [0.15, 0.2) is 89.5 Å². The highest BCUT2D eigenvalue weighted by atomic mass is 79.9. The lowest BCUT2D eigenvalue weighted by atomic mass is 9.96. The van der Waals surface area contributed by atoms with Gasteiger partial charge in [-0.2, -0.15) is 0 Å². The third-order valence-electron chi connectivity index (χ3n) is 6.71. The molecule has 1 amide bonds. The zero-order valence-electron chi connectivity index (χ0n) is 20.7. The molecule has 2 N–H and O–H groups in total. The lowest BCUT2D eigenvalue weighted by Gasteiger charge is -2.28. The monoisotopic (exact) mass is 573 g/mol. The van der Waals surface area contributed by atoms with Gasteiger partial charge in [0.2, 0.25) is 5.91 Å². The third-order valence-corrected chi connectivity index (χ3v) is 7.59. The van der Waals surface area contributed by atoms with Crippen molar-refractivity contribution in [3.63, 3.8) is 0 Å². The molecule has 188 valence electrons. The van der Waals surface area contributed by atoms with Crippen LogP contribution in [0.3, 0.4) is 0 Å². The van der Waals surface area contributed by atoms with E-state index in [9.17, 15) is 4.79 Å². The van der Waals surface area contributed by atoms with Crippen molar-refractivity contribution in [3.8, 4) is 5.69 Å². The summed E-state index contributed by atoms with van der Waals surface area (Å²) in [5.74, 6) is -0.0469. The molecule has 8 heteroatoms. The average Bonchev–Trinajstić information content (AvgIpc) is 3.39. The first-order valence-electron chi connectivity index (χ1n) is 12.2. The second-order valence-electron chi connectivity index (χ2n) is 9.12. The van der Waals surface area contributed by atoms with E-state index in [-0.39, 0.29) is 18.0 Å². The van der Waals surface area contributed by atoms with E-state index in [2.05, 4.69) is 85.2 Å². The predicted molar refractivity (Wildman–Crippen MR) is 155 cm³/mol. The Balaban J connectivity index is 1.47. The van der Waals surface area contributed by atoms with E-state index in [0.717, 1.165) is 38.5 Å². The Morgan fingerprint density at radius 1 is 1.05 bits per heavy atom. The normalized spacial score (nSPS) is 17.1. The number of anilines is 1. The quantitative estimate of drug-likeness (QED) is 0.256. The number of hydrogen-bond acceptors (Lipinski definition) is 3. The SMILES string of the molecule is Cc1cc([C@@H]2[C@@H](c3ccccn3)NC(=S)N2CCC(=O)Nc2ccccc2)c(C)n1-c1ccc(Br)cc1. The molecule has 2 aromatic heterocycles. The Morgan fingerprint density at radius 2 is 1.78 bits per heavy atom. The first-order valence-corrected chi connectivity index (χ1v) is 13.4. The summed E-state index contributed by atoms with van der Waals surface area (Å²) in [7, 11) is 0. The second kappa shape index (κ2) is 10.9. The van der Waals surface area contributed by atoms with Crippen molar-refractivity contribution < 1.29 is 4.79 Å². The van der Waals surface area contributed by atoms with Crippen LogP contribution >= 0.6 is 28.1 Å². The van der Waals surface area contributed by atoms with Gasteiger partial charge in [-0.05, 0) is 86.2 Å². The van der Waals surface area contributed by atoms with Crippen LogP contribution in [0.5, 0.6) is 0 Å². The molecule has 5 rings (SSSR count). The minimum atomic E-state index is -0.134. The van der Waals surface area contributed by atoms with Crippen LogP contribution in [0.4, 0.5) is 5.69 Å². The summed E-state index contributed by atoms with van der Waals surface area (Å²) in [5.41, 5.74) is 6.23. The Kier molecular flexibility index (Phi) is 7.39. The standard InChI is InChI=1S/C29H28BrN5OS/c1-19-18-24(20(2)35(19)23-13-11-21(30)12-14-23)28-27(25-10-6-7-16-31-25)33-29(37)34(28)17-15-26(36)32-22-8-4-3-5-9-22/h3-14,16,18,27-28H,15,17H2,1-2H3,(H,32,36)(H,33,37)/t27-,28-/m1/s1. The number of nitrogens with one attached hydrogen (secondary N) is 2. The van der Waals surface area contributed by atoms with Crippen LogP contribution < -0.4 is 10.6 Å². The molecule has 0 unspecified atom stereocenters. The van der Waals surface area contributed by atoms with E-state index >= 15 is 0 Å². The van der Waals surface area contributed by atoms with E-state index in [0.29, 0.717) is 18.1 Å². The van der Waals surface area contributed by atoms with Crippen molar-refractivity contribution in [1.29, 1.82) is 0 Å². The van der Waals surface area contributed by atoms with Crippen LogP contribution in [0.2, 0.25) is 0 Å². The van der Waals surface area contributed by atoms with Gasteiger partial charge in [0, 0.05) is 46.4 Å². The lowest BCUT2D eigenvalue weighted by molar-refractivity contribution is -0.116. The molecular formula is C29H28BrN5OS. The largest absolute Gasteiger partial charge is 0.352 e. The maximum atomic E-state index is 12.8. The van der Waals surface area contributed by atoms with Gasteiger partial charge >= 0.3 is 0 Å². The van der Waals surface area contributed by atoms with Gasteiger partial charge < -0.3 is 20.1 Å². The van der Waals surface area contributed by atoms with Crippen LogP contribution in [-0.2, 0) is 4.79 Å². The van der Waals surface area contributed by atoms with E-state index < -0.39 is 0 Å². The van der Waals surface area contributed by atoms with E-state index in [1.807, 2.05) is 48.5 Å². The summed E-state index contributed by atoms with van der Waals surface area (Å²) in [6.07, 6.45) is 2.12. The first-order chi connectivity index (χ1) is 17.9. The van der Waals surface area contributed by atoms with Crippen LogP contribution in [0, 0.1) is 13.8 Å². The molecule has 4 aromatic rings. The molecule has 1 aliphatic heterocycles. The number of carbonyl (C=O) groups is 1. The van der Waals surface area contributed by atoms with Crippen molar-refractivity contribution in [2.24, 2.45) is 0 Å².